The summed E-state index contributed by atoms with van der Waals surface area (Å²) in [6.45, 7) is -0.797. The second kappa shape index (κ2) is 8.08. The molecular weight excluding hydrogens is 463 g/mol. The minimum atomic E-state index is -3.29. The van der Waals surface area contributed by atoms with Crippen molar-refractivity contribution in [2.45, 2.75) is 18.4 Å². The van der Waals surface area contributed by atoms with Crippen LogP contribution < -0.4 is 5.32 Å². The van der Waals surface area contributed by atoms with E-state index < -0.39 is 54.0 Å². The molecule has 34 heavy (non-hydrogen) atoms. The quantitative estimate of drug-likeness (QED) is 0.439. The van der Waals surface area contributed by atoms with Crippen molar-refractivity contribution in [2.75, 3.05) is 18.4 Å². The largest absolute Gasteiger partial charge is 0.424 e. The summed E-state index contributed by atoms with van der Waals surface area (Å²) in [5.74, 6) is -7.42. The smallest absolute Gasteiger partial charge is 0.295 e. The third-order valence-electron chi connectivity index (χ3n) is 5.53. The van der Waals surface area contributed by atoms with E-state index in [1.54, 1.807) is 0 Å². The van der Waals surface area contributed by atoms with E-state index in [1.165, 1.54) is 18.5 Å². The van der Waals surface area contributed by atoms with Crippen molar-refractivity contribution in [1.29, 1.82) is 0 Å². The maximum Gasteiger partial charge on any atom is 0.295 e. The Hall–Kier alpha value is -4.03. The molecule has 1 N–H and O–H groups in total. The first-order chi connectivity index (χ1) is 16.2. The monoisotopic (exact) mass is 478 g/mol. The topological polar surface area (TPSA) is 89.1 Å². The Morgan fingerprint density at radius 3 is 2.68 bits per heavy atom. The van der Waals surface area contributed by atoms with Crippen LogP contribution in [0.25, 0.3) is 16.8 Å². The van der Waals surface area contributed by atoms with Gasteiger partial charge in [-0.15, -0.1) is 4.80 Å². The SMILES string of the molecule is O=C(c1ccc(F)c(F)c1-n1nccn1)N1CCC(F)(F)[C@H]1CNc1nc2cc(F)ccc2o1. The molecule has 0 aliphatic carbocycles. The maximum atomic E-state index is 14.7. The van der Waals surface area contributed by atoms with Crippen LogP contribution in [0.1, 0.15) is 16.8 Å². The minimum Gasteiger partial charge on any atom is -0.424 e. The van der Waals surface area contributed by atoms with E-state index in [4.69, 9.17) is 4.42 Å². The van der Waals surface area contributed by atoms with Crippen molar-refractivity contribution in [3.8, 4) is 5.69 Å². The summed E-state index contributed by atoms with van der Waals surface area (Å²) in [6, 6.07) is 3.57. The molecule has 2 aromatic carbocycles. The first-order valence-electron chi connectivity index (χ1n) is 10.1. The van der Waals surface area contributed by atoms with Crippen LogP contribution >= 0.6 is 0 Å². The van der Waals surface area contributed by atoms with Crippen molar-refractivity contribution in [3.63, 3.8) is 0 Å². The average Bonchev–Trinajstić information content (AvgIpc) is 3.52. The molecule has 5 rings (SSSR count). The van der Waals surface area contributed by atoms with Gasteiger partial charge in [0, 0.05) is 25.6 Å². The number of aromatic nitrogens is 4. The Balaban J connectivity index is 1.44. The normalized spacial score (nSPS) is 17.4. The number of nitrogens with one attached hydrogen (secondary N) is 1. The molecule has 1 atom stereocenters. The molecule has 0 spiro atoms. The number of hydrogen-bond donors (Lipinski definition) is 1. The fraction of sp³-hybridized carbons (Fsp3) is 0.238. The van der Waals surface area contributed by atoms with Gasteiger partial charge < -0.3 is 14.6 Å². The van der Waals surface area contributed by atoms with E-state index in [1.807, 2.05) is 0 Å². The predicted molar refractivity (Wildman–Crippen MR) is 108 cm³/mol. The van der Waals surface area contributed by atoms with Gasteiger partial charge in [0.15, 0.2) is 17.2 Å². The third kappa shape index (κ3) is 3.72. The predicted octanol–water partition coefficient (Wildman–Crippen LogP) is 3.79. The highest BCUT2D eigenvalue weighted by molar-refractivity contribution is 5.98. The zero-order valence-corrected chi connectivity index (χ0v) is 17.2. The van der Waals surface area contributed by atoms with Gasteiger partial charge in [-0.05, 0) is 24.3 Å². The van der Waals surface area contributed by atoms with E-state index in [2.05, 4.69) is 20.5 Å². The molecule has 1 aliphatic heterocycles. The van der Waals surface area contributed by atoms with Gasteiger partial charge >= 0.3 is 0 Å². The van der Waals surface area contributed by atoms with Crippen molar-refractivity contribution < 1.29 is 31.2 Å². The third-order valence-corrected chi connectivity index (χ3v) is 5.53. The number of benzene rings is 2. The number of fused-ring (bicyclic) bond motifs is 1. The van der Waals surface area contributed by atoms with Gasteiger partial charge in [0.1, 0.15) is 23.1 Å². The number of rotatable bonds is 5. The van der Waals surface area contributed by atoms with E-state index in [0.29, 0.717) is 4.80 Å². The molecule has 13 heteroatoms. The summed E-state index contributed by atoms with van der Waals surface area (Å²) in [6.07, 6.45) is 1.76. The minimum absolute atomic E-state index is 0.134. The first kappa shape index (κ1) is 21.8. The summed E-state index contributed by atoms with van der Waals surface area (Å²) in [7, 11) is 0. The van der Waals surface area contributed by atoms with Crippen LogP contribution in [0.15, 0.2) is 47.1 Å². The molecule has 8 nitrogen and oxygen atoms in total. The standard InChI is InChI=1S/C21H15F5N6O2/c22-11-1-4-15-14(9-11)30-20(34-15)27-10-16-21(25,26)5-8-31(16)19(33)12-2-3-13(23)17(24)18(12)32-28-6-7-29-32/h1-4,6-7,9,16H,5,8,10H2,(H,27,30)/t16-/m1/s1. The fourth-order valence-corrected chi connectivity index (χ4v) is 3.88. The number of nitrogens with zero attached hydrogens (tertiary/aromatic N) is 5. The number of carbonyl (C=O) groups is 1. The van der Waals surface area contributed by atoms with Crippen LogP contribution in [-0.2, 0) is 0 Å². The summed E-state index contributed by atoms with van der Waals surface area (Å²) < 4.78 is 76.6. The highest BCUT2D eigenvalue weighted by Gasteiger charge is 2.51. The molecule has 0 bridgehead atoms. The molecule has 0 radical (unpaired) electrons. The molecule has 1 amide bonds. The second-order valence-electron chi connectivity index (χ2n) is 7.61. The average molecular weight is 478 g/mol. The van der Waals surface area contributed by atoms with Gasteiger partial charge in [0.2, 0.25) is 0 Å². The van der Waals surface area contributed by atoms with Crippen molar-refractivity contribution in [1.82, 2.24) is 24.9 Å². The second-order valence-corrected chi connectivity index (χ2v) is 7.61. The molecule has 2 aromatic heterocycles. The maximum absolute atomic E-state index is 14.7. The lowest BCUT2D eigenvalue weighted by Gasteiger charge is -2.28. The molecule has 3 heterocycles. The molecular formula is C21H15F5N6O2. The van der Waals surface area contributed by atoms with Crippen LogP contribution in [0.5, 0.6) is 0 Å². The van der Waals surface area contributed by atoms with Gasteiger partial charge in [-0.3, -0.25) is 4.79 Å². The Bertz CT molecular complexity index is 1370. The Morgan fingerprint density at radius 2 is 1.91 bits per heavy atom. The van der Waals surface area contributed by atoms with Crippen molar-refractivity contribution >= 4 is 23.0 Å². The highest BCUT2D eigenvalue weighted by Crippen LogP contribution is 2.36. The Kier molecular flexibility index (Phi) is 5.18. The van der Waals surface area contributed by atoms with E-state index >= 15 is 0 Å². The van der Waals surface area contributed by atoms with Gasteiger partial charge in [0.05, 0.1) is 18.0 Å². The summed E-state index contributed by atoms with van der Waals surface area (Å²) in [5, 5.41) is 10.1. The van der Waals surface area contributed by atoms with Crippen molar-refractivity contribution in [2.24, 2.45) is 0 Å². The summed E-state index contributed by atoms with van der Waals surface area (Å²) in [4.78, 5) is 18.8. The molecule has 0 unspecified atom stereocenters. The fourth-order valence-electron chi connectivity index (χ4n) is 3.88. The van der Waals surface area contributed by atoms with Crippen LogP contribution in [0.2, 0.25) is 0 Å². The lowest BCUT2D eigenvalue weighted by Crippen LogP contribution is -2.47. The molecule has 176 valence electrons. The number of anilines is 1. The zero-order chi connectivity index (χ0) is 24.0. The van der Waals surface area contributed by atoms with E-state index in [0.717, 1.165) is 29.2 Å². The number of likely N-dealkylation sites (tertiary alicyclic amines) is 1. The lowest BCUT2D eigenvalue weighted by atomic mass is 10.1. The van der Waals surface area contributed by atoms with E-state index in [9.17, 15) is 26.7 Å². The Labute approximate surface area is 188 Å². The Morgan fingerprint density at radius 1 is 1.15 bits per heavy atom. The van der Waals surface area contributed by atoms with Crippen LogP contribution in [-0.4, -0.2) is 55.8 Å². The van der Waals surface area contributed by atoms with Crippen LogP contribution in [0, 0.1) is 17.5 Å². The summed E-state index contributed by atoms with van der Waals surface area (Å²) in [5.41, 5.74) is -0.534. The zero-order valence-electron chi connectivity index (χ0n) is 17.2. The molecule has 1 aliphatic rings. The molecule has 1 fully saturated rings. The summed E-state index contributed by atoms with van der Waals surface area (Å²) >= 11 is 0. The number of alkyl halides is 2. The van der Waals surface area contributed by atoms with Gasteiger partial charge in [-0.25, -0.2) is 22.0 Å². The van der Waals surface area contributed by atoms with Crippen molar-refractivity contribution in [3.05, 3.63) is 65.7 Å². The molecule has 0 saturated carbocycles. The van der Waals surface area contributed by atoms with Crippen LogP contribution in [0.3, 0.4) is 0 Å². The molecule has 4 aromatic rings. The number of carbonyl (C=O) groups excluding carboxylic acids is 1. The van der Waals surface area contributed by atoms with Gasteiger partial charge in [-0.1, -0.05) is 0 Å². The number of hydrogen-bond acceptors (Lipinski definition) is 6. The number of halogens is 5. The number of oxazole rings is 1. The van der Waals surface area contributed by atoms with Crippen LogP contribution in [0.4, 0.5) is 28.0 Å². The number of amides is 1. The first-order valence-corrected chi connectivity index (χ1v) is 10.1. The molecule has 1 saturated heterocycles. The highest BCUT2D eigenvalue weighted by atomic mass is 19.3. The van der Waals surface area contributed by atoms with Gasteiger partial charge in [-0.2, -0.15) is 15.2 Å². The van der Waals surface area contributed by atoms with E-state index in [-0.39, 0.29) is 29.2 Å². The lowest BCUT2D eigenvalue weighted by molar-refractivity contribution is -0.0249. The van der Waals surface area contributed by atoms with Gasteiger partial charge in [0.25, 0.3) is 17.8 Å².